The van der Waals surface area contributed by atoms with Gasteiger partial charge in [0.1, 0.15) is 0 Å². The fraction of sp³-hybridized carbons (Fsp3) is 1.00. The van der Waals surface area contributed by atoms with Gasteiger partial charge in [0.15, 0.2) is 9.84 Å². The molecular formula is C9H19NO2S. The molecule has 4 heteroatoms. The Hall–Kier alpha value is -0.0900. The van der Waals surface area contributed by atoms with Crippen LogP contribution in [0.15, 0.2) is 0 Å². The van der Waals surface area contributed by atoms with Gasteiger partial charge in [-0.05, 0) is 31.2 Å². The van der Waals surface area contributed by atoms with Gasteiger partial charge in [-0.15, -0.1) is 0 Å². The van der Waals surface area contributed by atoms with Gasteiger partial charge in [0.2, 0.25) is 0 Å². The fourth-order valence-corrected chi connectivity index (χ4v) is 3.81. The van der Waals surface area contributed by atoms with Gasteiger partial charge in [-0.25, -0.2) is 8.42 Å². The van der Waals surface area contributed by atoms with Gasteiger partial charge in [0, 0.05) is 6.26 Å². The minimum absolute atomic E-state index is 0.186. The molecule has 3 atom stereocenters. The highest BCUT2D eigenvalue weighted by atomic mass is 32.2. The number of rotatable bonds is 2. The quantitative estimate of drug-likeness (QED) is 0.725. The molecule has 0 spiro atoms. The molecule has 3 unspecified atom stereocenters. The predicted octanol–water partition coefficient (Wildman–Crippen LogP) is 0.795. The minimum Gasteiger partial charge on any atom is -0.330 e. The predicted molar refractivity (Wildman–Crippen MR) is 54.2 cm³/mol. The van der Waals surface area contributed by atoms with Crippen LogP contribution in [-0.2, 0) is 9.84 Å². The van der Waals surface area contributed by atoms with Crippen LogP contribution in [0.5, 0.6) is 0 Å². The van der Waals surface area contributed by atoms with Crippen LogP contribution in [0.3, 0.4) is 0 Å². The zero-order valence-electron chi connectivity index (χ0n) is 8.36. The summed E-state index contributed by atoms with van der Waals surface area (Å²) in [5.74, 6) is 0.716. The Balaban J connectivity index is 2.77. The minimum atomic E-state index is -2.90. The average molecular weight is 205 g/mol. The highest BCUT2D eigenvalue weighted by Crippen LogP contribution is 2.32. The molecule has 3 nitrogen and oxygen atoms in total. The molecule has 2 N–H and O–H groups in total. The van der Waals surface area contributed by atoms with Crippen LogP contribution in [0.2, 0.25) is 0 Å². The lowest BCUT2D eigenvalue weighted by Gasteiger charge is -2.32. The zero-order valence-corrected chi connectivity index (χ0v) is 9.18. The first-order valence-electron chi connectivity index (χ1n) is 4.84. The summed E-state index contributed by atoms with van der Waals surface area (Å²) in [6.07, 6.45) is 4.21. The second-order valence-corrected chi connectivity index (χ2v) is 6.55. The van der Waals surface area contributed by atoms with Gasteiger partial charge in [0.25, 0.3) is 0 Å². The van der Waals surface area contributed by atoms with Crippen molar-refractivity contribution in [3.8, 4) is 0 Å². The maximum absolute atomic E-state index is 11.4. The molecule has 0 amide bonds. The number of nitrogens with two attached hydrogens (primary N) is 1. The van der Waals surface area contributed by atoms with Crippen LogP contribution in [-0.4, -0.2) is 26.5 Å². The maximum Gasteiger partial charge on any atom is 0.150 e. The van der Waals surface area contributed by atoms with E-state index in [4.69, 9.17) is 5.73 Å². The van der Waals surface area contributed by atoms with Crippen LogP contribution in [0.1, 0.15) is 26.2 Å². The van der Waals surface area contributed by atoms with E-state index in [-0.39, 0.29) is 11.2 Å². The summed E-state index contributed by atoms with van der Waals surface area (Å²) in [6, 6.07) is 0. The zero-order chi connectivity index (χ0) is 10.1. The van der Waals surface area contributed by atoms with Gasteiger partial charge in [-0.1, -0.05) is 13.3 Å². The summed E-state index contributed by atoms with van der Waals surface area (Å²) >= 11 is 0. The van der Waals surface area contributed by atoms with Crippen LogP contribution in [0.25, 0.3) is 0 Å². The van der Waals surface area contributed by atoms with Crippen molar-refractivity contribution in [2.75, 3.05) is 12.8 Å². The Morgan fingerprint density at radius 1 is 1.38 bits per heavy atom. The third-order valence-corrected chi connectivity index (χ3v) is 4.72. The molecule has 1 fully saturated rings. The molecule has 0 heterocycles. The first-order chi connectivity index (χ1) is 5.95. The summed E-state index contributed by atoms with van der Waals surface area (Å²) in [6.45, 7) is 2.62. The van der Waals surface area contributed by atoms with E-state index >= 15 is 0 Å². The SMILES string of the molecule is CC1CCC(CN)C(S(C)(=O)=O)C1. The van der Waals surface area contributed by atoms with Crippen molar-refractivity contribution in [2.45, 2.75) is 31.4 Å². The molecule has 0 aromatic rings. The van der Waals surface area contributed by atoms with Crippen molar-refractivity contribution in [2.24, 2.45) is 17.6 Å². The van der Waals surface area contributed by atoms with Crippen LogP contribution >= 0.6 is 0 Å². The molecule has 1 aliphatic rings. The second kappa shape index (κ2) is 3.96. The van der Waals surface area contributed by atoms with Gasteiger partial charge in [-0.3, -0.25) is 0 Å². The van der Waals surface area contributed by atoms with Gasteiger partial charge in [-0.2, -0.15) is 0 Å². The molecule has 0 aromatic heterocycles. The van der Waals surface area contributed by atoms with Gasteiger partial charge in [0.05, 0.1) is 5.25 Å². The third-order valence-electron chi connectivity index (χ3n) is 3.04. The lowest BCUT2D eigenvalue weighted by atomic mass is 9.82. The van der Waals surface area contributed by atoms with Crippen molar-refractivity contribution in [1.82, 2.24) is 0 Å². The summed E-state index contributed by atoms with van der Waals surface area (Å²) < 4.78 is 22.9. The van der Waals surface area contributed by atoms with Gasteiger partial charge >= 0.3 is 0 Å². The standard InChI is InChI=1S/C9H19NO2S/c1-7-3-4-8(6-10)9(5-7)13(2,11)12/h7-9H,3-6,10H2,1-2H3. The Morgan fingerprint density at radius 3 is 2.46 bits per heavy atom. The smallest absolute Gasteiger partial charge is 0.150 e. The van der Waals surface area contributed by atoms with Gasteiger partial charge < -0.3 is 5.73 Å². The summed E-state index contributed by atoms with van der Waals surface area (Å²) in [5, 5.41) is -0.193. The highest BCUT2D eigenvalue weighted by molar-refractivity contribution is 7.91. The van der Waals surface area contributed by atoms with Crippen molar-refractivity contribution in [1.29, 1.82) is 0 Å². The van der Waals surface area contributed by atoms with Crippen LogP contribution in [0, 0.1) is 11.8 Å². The van der Waals surface area contributed by atoms with Crippen molar-refractivity contribution >= 4 is 9.84 Å². The topological polar surface area (TPSA) is 60.2 Å². The molecule has 0 bridgehead atoms. The molecule has 13 heavy (non-hydrogen) atoms. The summed E-state index contributed by atoms with van der Waals surface area (Å²) in [7, 11) is -2.90. The molecule has 0 aliphatic heterocycles. The summed E-state index contributed by atoms with van der Waals surface area (Å²) in [4.78, 5) is 0. The van der Waals surface area contributed by atoms with E-state index in [0.717, 1.165) is 19.3 Å². The van der Waals surface area contributed by atoms with Crippen molar-refractivity contribution < 1.29 is 8.42 Å². The molecular weight excluding hydrogens is 186 g/mol. The van der Waals surface area contributed by atoms with E-state index in [9.17, 15) is 8.42 Å². The number of hydrogen-bond donors (Lipinski definition) is 1. The van der Waals surface area contributed by atoms with Crippen molar-refractivity contribution in [3.63, 3.8) is 0 Å². The van der Waals surface area contributed by atoms with E-state index in [2.05, 4.69) is 6.92 Å². The second-order valence-electron chi connectivity index (χ2n) is 4.28. The van der Waals surface area contributed by atoms with Crippen LogP contribution in [0.4, 0.5) is 0 Å². The maximum atomic E-state index is 11.4. The monoisotopic (exact) mass is 205 g/mol. The molecule has 0 aromatic carbocycles. The fourth-order valence-electron chi connectivity index (χ4n) is 2.19. The lowest BCUT2D eigenvalue weighted by Crippen LogP contribution is -2.38. The normalized spacial score (nSPS) is 36.1. The number of hydrogen-bond acceptors (Lipinski definition) is 3. The first-order valence-corrected chi connectivity index (χ1v) is 6.79. The Labute approximate surface area is 80.6 Å². The third kappa shape index (κ3) is 2.68. The van der Waals surface area contributed by atoms with E-state index < -0.39 is 9.84 Å². The number of sulfone groups is 1. The molecule has 1 rings (SSSR count). The van der Waals surface area contributed by atoms with E-state index in [1.165, 1.54) is 6.26 Å². The van der Waals surface area contributed by atoms with Crippen LogP contribution < -0.4 is 5.73 Å². The molecule has 78 valence electrons. The Morgan fingerprint density at radius 2 is 2.00 bits per heavy atom. The highest BCUT2D eigenvalue weighted by Gasteiger charge is 2.34. The Bertz CT molecular complexity index is 261. The van der Waals surface area contributed by atoms with E-state index in [1.807, 2.05) is 0 Å². The summed E-state index contributed by atoms with van der Waals surface area (Å²) in [5.41, 5.74) is 5.57. The molecule has 1 saturated carbocycles. The lowest BCUT2D eigenvalue weighted by molar-refractivity contribution is 0.297. The van der Waals surface area contributed by atoms with Crippen molar-refractivity contribution in [3.05, 3.63) is 0 Å². The largest absolute Gasteiger partial charge is 0.330 e. The average Bonchev–Trinajstić information content (AvgIpc) is 2.03. The first kappa shape index (κ1) is 11.0. The molecule has 1 aliphatic carbocycles. The van der Waals surface area contributed by atoms with E-state index in [1.54, 1.807) is 0 Å². The molecule has 0 saturated heterocycles. The Kier molecular flexibility index (Phi) is 3.35. The van der Waals surface area contributed by atoms with E-state index in [0.29, 0.717) is 12.5 Å². The molecule has 0 radical (unpaired) electrons.